The molecule has 7 nitrogen and oxygen atoms in total. The maximum absolute atomic E-state index is 15.5. The maximum Gasteiger partial charge on any atom is 0.341 e. The molecule has 1 aliphatic heterocycles. The molecule has 3 aliphatic rings. The molecule has 1 aromatic carbocycles. The van der Waals surface area contributed by atoms with Crippen LogP contribution in [0.5, 0.6) is 5.75 Å². The van der Waals surface area contributed by atoms with Gasteiger partial charge in [-0.2, -0.15) is 0 Å². The highest BCUT2D eigenvalue weighted by Crippen LogP contribution is 2.66. The summed E-state index contributed by atoms with van der Waals surface area (Å²) in [6.45, 7) is 3.63. The van der Waals surface area contributed by atoms with Crippen molar-refractivity contribution in [3.8, 4) is 5.75 Å². The lowest BCUT2D eigenvalue weighted by Crippen LogP contribution is -2.51. The van der Waals surface area contributed by atoms with Crippen molar-refractivity contribution in [2.24, 2.45) is 17.1 Å². The molecule has 2 saturated carbocycles. The zero-order valence-electron chi connectivity index (χ0n) is 17.1. The number of carboxylic acids is 1. The first-order valence-electron chi connectivity index (χ1n) is 10.4. The Kier molecular flexibility index (Phi) is 4.24. The summed E-state index contributed by atoms with van der Waals surface area (Å²) >= 11 is 0. The Bertz CT molecular complexity index is 1130. The molecule has 5 rings (SSSR count). The SMILES string of the molecule is COc1c([C@@H]2CC23CNCC(N)C3C)c(F)cc2c(=O)c(C(=O)O)cn(C3CC3)c12. The molecule has 30 heavy (non-hydrogen) atoms. The number of benzene rings is 1. The lowest BCUT2D eigenvalue weighted by Gasteiger charge is -2.36. The number of fused-ring (bicyclic) bond motifs is 1. The number of piperidine rings is 1. The van der Waals surface area contributed by atoms with Crippen molar-refractivity contribution >= 4 is 16.9 Å². The van der Waals surface area contributed by atoms with Gasteiger partial charge in [0.2, 0.25) is 5.43 Å². The average molecular weight is 415 g/mol. The van der Waals surface area contributed by atoms with Gasteiger partial charge >= 0.3 is 5.97 Å². The smallest absolute Gasteiger partial charge is 0.341 e. The van der Waals surface area contributed by atoms with E-state index in [1.807, 2.05) is 0 Å². The van der Waals surface area contributed by atoms with Gasteiger partial charge in [-0.15, -0.1) is 0 Å². The van der Waals surface area contributed by atoms with Gasteiger partial charge in [0.1, 0.15) is 17.1 Å². The van der Waals surface area contributed by atoms with Gasteiger partial charge < -0.3 is 25.5 Å². The third-order valence-electron chi connectivity index (χ3n) is 7.48. The normalized spacial score (nSPS) is 30.6. The third kappa shape index (κ3) is 2.63. The van der Waals surface area contributed by atoms with Crippen LogP contribution in [0, 0.1) is 17.2 Å². The van der Waals surface area contributed by atoms with Crippen molar-refractivity contribution < 1.29 is 19.0 Å². The first kappa shape index (κ1) is 19.5. The molecule has 4 N–H and O–H groups in total. The van der Waals surface area contributed by atoms with E-state index in [0.717, 1.165) is 32.4 Å². The first-order chi connectivity index (χ1) is 14.3. The van der Waals surface area contributed by atoms with Gasteiger partial charge in [-0.25, -0.2) is 9.18 Å². The Balaban J connectivity index is 1.74. The van der Waals surface area contributed by atoms with Crippen molar-refractivity contribution in [3.63, 3.8) is 0 Å². The van der Waals surface area contributed by atoms with Crippen LogP contribution in [0.25, 0.3) is 10.9 Å². The number of aromatic nitrogens is 1. The number of nitrogens with one attached hydrogen (secondary N) is 1. The van der Waals surface area contributed by atoms with E-state index in [-0.39, 0.29) is 40.3 Å². The van der Waals surface area contributed by atoms with E-state index in [9.17, 15) is 14.7 Å². The monoisotopic (exact) mass is 415 g/mol. The minimum atomic E-state index is -1.31. The molecule has 0 bridgehead atoms. The van der Waals surface area contributed by atoms with Gasteiger partial charge in [0, 0.05) is 36.9 Å². The number of rotatable bonds is 4. The molecule has 0 radical (unpaired) electrons. The average Bonchev–Trinajstić information content (AvgIpc) is 3.62. The second-order valence-corrected chi connectivity index (χ2v) is 9.09. The molecule has 1 aromatic heterocycles. The van der Waals surface area contributed by atoms with Crippen LogP contribution in [-0.4, -0.2) is 41.9 Å². The molecule has 4 atom stereocenters. The summed E-state index contributed by atoms with van der Waals surface area (Å²) in [6, 6.07) is 1.30. The second-order valence-electron chi connectivity index (χ2n) is 9.09. The molecule has 2 heterocycles. The van der Waals surface area contributed by atoms with Gasteiger partial charge in [0.25, 0.3) is 0 Å². The molecule has 1 saturated heterocycles. The summed E-state index contributed by atoms with van der Waals surface area (Å²) in [7, 11) is 1.48. The lowest BCUT2D eigenvalue weighted by atomic mass is 9.78. The Hall–Kier alpha value is -2.45. The van der Waals surface area contributed by atoms with Crippen LogP contribution in [0.2, 0.25) is 0 Å². The molecular formula is C22H26FN3O4. The number of hydrogen-bond acceptors (Lipinski definition) is 5. The molecule has 3 unspecified atom stereocenters. The topological polar surface area (TPSA) is 107 Å². The van der Waals surface area contributed by atoms with Gasteiger partial charge in [-0.1, -0.05) is 6.92 Å². The number of carboxylic acid groups (broad SMARTS) is 1. The van der Waals surface area contributed by atoms with Gasteiger partial charge in [-0.3, -0.25) is 4.79 Å². The van der Waals surface area contributed by atoms with Gasteiger partial charge in [0.05, 0.1) is 18.0 Å². The second kappa shape index (κ2) is 6.52. The first-order valence-corrected chi connectivity index (χ1v) is 10.4. The number of ether oxygens (including phenoxy) is 1. The molecule has 160 valence electrons. The fraction of sp³-hybridized carbons (Fsp3) is 0.545. The molecule has 1 spiro atoms. The summed E-state index contributed by atoms with van der Waals surface area (Å²) < 4.78 is 23.0. The Morgan fingerprint density at radius 2 is 2.17 bits per heavy atom. The van der Waals surface area contributed by atoms with Crippen molar-refractivity contribution in [1.29, 1.82) is 0 Å². The van der Waals surface area contributed by atoms with E-state index >= 15 is 4.39 Å². The van der Waals surface area contributed by atoms with E-state index in [1.54, 1.807) is 4.57 Å². The quantitative estimate of drug-likeness (QED) is 0.707. The summed E-state index contributed by atoms with van der Waals surface area (Å²) in [4.78, 5) is 24.4. The molecule has 0 amide bonds. The van der Waals surface area contributed by atoms with Gasteiger partial charge in [-0.05, 0) is 42.6 Å². The predicted octanol–water partition coefficient (Wildman–Crippen LogP) is 2.22. The molecule has 8 heteroatoms. The van der Waals surface area contributed by atoms with Crippen LogP contribution in [0.3, 0.4) is 0 Å². The largest absolute Gasteiger partial charge is 0.494 e. The summed E-state index contributed by atoms with van der Waals surface area (Å²) in [6.07, 6.45) is 3.96. The number of hydrogen-bond donors (Lipinski definition) is 3. The summed E-state index contributed by atoms with van der Waals surface area (Å²) in [5.41, 5.74) is 6.09. The zero-order chi connectivity index (χ0) is 21.4. The number of methoxy groups -OCH3 is 1. The van der Waals surface area contributed by atoms with Crippen LogP contribution >= 0.6 is 0 Å². The minimum Gasteiger partial charge on any atom is -0.494 e. The maximum atomic E-state index is 15.5. The number of nitrogens with zero attached hydrogens (tertiary/aromatic N) is 1. The van der Waals surface area contributed by atoms with E-state index in [4.69, 9.17) is 10.5 Å². The van der Waals surface area contributed by atoms with Crippen LogP contribution in [0.15, 0.2) is 17.1 Å². The summed E-state index contributed by atoms with van der Waals surface area (Å²) in [5, 5.41) is 12.9. The fourth-order valence-electron chi connectivity index (χ4n) is 5.44. The fourth-order valence-corrected chi connectivity index (χ4v) is 5.44. The number of pyridine rings is 1. The van der Waals surface area contributed by atoms with Crippen LogP contribution < -0.4 is 21.2 Å². The highest BCUT2D eigenvalue weighted by atomic mass is 19.1. The highest BCUT2D eigenvalue weighted by Gasteiger charge is 2.61. The van der Waals surface area contributed by atoms with Crippen LogP contribution in [0.4, 0.5) is 4.39 Å². The van der Waals surface area contributed by atoms with Crippen molar-refractivity contribution in [2.45, 2.75) is 44.2 Å². The molecular weight excluding hydrogens is 389 g/mol. The van der Waals surface area contributed by atoms with Crippen molar-refractivity contribution in [2.75, 3.05) is 20.2 Å². The Morgan fingerprint density at radius 3 is 2.80 bits per heavy atom. The predicted molar refractivity (Wildman–Crippen MR) is 110 cm³/mol. The standard InChI is InChI=1S/C22H26FN3O4/c1-10-16(24)7-25-9-22(10)6-14(22)17-15(23)5-12-18(20(17)30-2)26(11-3-4-11)8-13(19(12)27)21(28)29/h5,8,10-11,14,16,25H,3-4,6-7,9,24H2,1-2H3,(H,28,29)/t10?,14-,16?,22?/m0/s1. The zero-order valence-corrected chi connectivity index (χ0v) is 17.1. The van der Waals surface area contributed by atoms with E-state index in [2.05, 4.69) is 12.2 Å². The van der Waals surface area contributed by atoms with Crippen molar-refractivity contribution in [3.05, 3.63) is 39.4 Å². The number of halogens is 1. The molecule has 2 aromatic rings. The van der Waals surface area contributed by atoms with E-state index < -0.39 is 17.2 Å². The Morgan fingerprint density at radius 1 is 1.43 bits per heavy atom. The number of aromatic carboxylic acids is 1. The number of carbonyl (C=O) groups is 1. The Labute approximate surface area is 173 Å². The summed E-state index contributed by atoms with van der Waals surface area (Å²) in [5.74, 6) is -1.32. The van der Waals surface area contributed by atoms with E-state index in [1.165, 1.54) is 19.4 Å². The van der Waals surface area contributed by atoms with Crippen molar-refractivity contribution in [1.82, 2.24) is 9.88 Å². The molecule has 3 fully saturated rings. The number of nitrogens with two attached hydrogens (primary N) is 1. The highest BCUT2D eigenvalue weighted by molar-refractivity contribution is 5.95. The van der Waals surface area contributed by atoms with Crippen LogP contribution in [-0.2, 0) is 0 Å². The minimum absolute atomic E-state index is 0.000955. The van der Waals surface area contributed by atoms with E-state index in [0.29, 0.717) is 16.8 Å². The lowest BCUT2D eigenvalue weighted by molar-refractivity contribution is 0.0695. The molecule has 2 aliphatic carbocycles. The third-order valence-corrected chi connectivity index (χ3v) is 7.48. The van der Waals surface area contributed by atoms with Crippen LogP contribution in [0.1, 0.15) is 54.1 Å². The van der Waals surface area contributed by atoms with Gasteiger partial charge in [0.15, 0.2) is 0 Å².